The maximum Gasteiger partial charge on any atom is 0.317 e. The number of carboxylic acid groups (broad SMARTS) is 6. The van der Waals surface area contributed by atoms with Gasteiger partial charge in [0.2, 0.25) is 0 Å². The molecule has 0 atom stereocenters. The largest absolute Gasteiger partial charge is 0.480 e. The van der Waals surface area contributed by atoms with Gasteiger partial charge >= 0.3 is 35.8 Å². The summed E-state index contributed by atoms with van der Waals surface area (Å²) in [5.74, 6) is -7.57. The summed E-state index contributed by atoms with van der Waals surface area (Å²) >= 11 is 0. The topological polar surface area (TPSA) is 230 Å². The minimum atomic E-state index is -1.26. The molecule has 0 aliphatic carbocycles. The number of carbonyl (C=O) groups is 6. The molecule has 29 heavy (non-hydrogen) atoms. The number of aliphatic carboxylic acids is 6. The maximum atomic E-state index is 10.1. The minimum Gasteiger partial charge on any atom is -0.480 e. The smallest absolute Gasteiger partial charge is 0.317 e. The van der Waals surface area contributed by atoms with E-state index in [1.807, 2.05) is 0 Å². The molecule has 17 heteroatoms. The van der Waals surface area contributed by atoms with Gasteiger partial charge in [0.1, 0.15) is 0 Å². The third-order valence-corrected chi connectivity index (χ3v) is 2.15. The molecule has 0 saturated heterocycles. The SMILES string of the molecule is O=C(O)CN(CC(=O)O)CC(=O)O.O=C(O)CN(CC(=O)O)CC(=O)O.[Cd].[Cd].[Cd]. The van der Waals surface area contributed by atoms with Gasteiger partial charge in [-0.05, 0) is 0 Å². The summed E-state index contributed by atoms with van der Waals surface area (Å²) in [6, 6.07) is 0. The molecule has 0 spiro atoms. The molecule has 0 bridgehead atoms. The maximum absolute atomic E-state index is 10.1. The molecule has 0 aliphatic rings. The van der Waals surface area contributed by atoms with Gasteiger partial charge in [-0.2, -0.15) is 0 Å². The number of carboxylic acids is 6. The van der Waals surface area contributed by atoms with Gasteiger partial charge in [0.25, 0.3) is 0 Å². The van der Waals surface area contributed by atoms with Gasteiger partial charge in [-0.3, -0.25) is 38.6 Å². The summed E-state index contributed by atoms with van der Waals surface area (Å²) in [5.41, 5.74) is 0. The van der Waals surface area contributed by atoms with Crippen LogP contribution >= 0.6 is 0 Å². The molecule has 0 rings (SSSR count). The van der Waals surface area contributed by atoms with Crippen LogP contribution < -0.4 is 0 Å². The van der Waals surface area contributed by atoms with E-state index in [1.54, 1.807) is 0 Å². The predicted molar refractivity (Wildman–Crippen MR) is 78.7 cm³/mol. The third-order valence-electron chi connectivity index (χ3n) is 2.15. The van der Waals surface area contributed by atoms with Crippen LogP contribution in [0.3, 0.4) is 0 Å². The van der Waals surface area contributed by atoms with Crippen molar-refractivity contribution in [2.24, 2.45) is 0 Å². The molecule has 0 aromatic heterocycles. The van der Waals surface area contributed by atoms with Gasteiger partial charge in [0, 0.05) is 81.9 Å². The zero-order valence-corrected chi connectivity index (χ0v) is 27.5. The molecule has 0 fully saturated rings. The van der Waals surface area contributed by atoms with Crippen molar-refractivity contribution >= 4 is 35.8 Å². The van der Waals surface area contributed by atoms with Crippen molar-refractivity contribution in [3.8, 4) is 0 Å². The molecule has 0 aliphatic heterocycles. The Labute approximate surface area is 224 Å². The van der Waals surface area contributed by atoms with E-state index in [2.05, 4.69) is 0 Å². The summed E-state index contributed by atoms with van der Waals surface area (Å²) in [6.07, 6.45) is 0. The predicted octanol–water partition coefficient (Wildman–Crippen LogP) is -2.92. The van der Waals surface area contributed by atoms with Crippen LogP contribution in [0, 0.1) is 0 Å². The third kappa shape index (κ3) is 32.4. The normalized spacial score (nSPS) is 8.90. The van der Waals surface area contributed by atoms with Crippen LogP contribution in [0.25, 0.3) is 0 Å². The Hall–Kier alpha value is -0.494. The molecule has 0 saturated carbocycles. The van der Waals surface area contributed by atoms with Crippen molar-refractivity contribution in [3.63, 3.8) is 0 Å². The van der Waals surface area contributed by atoms with Gasteiger partial charge in [-0.25, -0.2) is 0 Å². The first-order valence-corrected chi connectivity index (χ1v) is 6.59. The Morgan fingerprint density at radius 1 is 0.379 bits per heavy atom. The van der Waals surface area contributed by atoms with Crippen LogP contribution in [0.5, 0.6) is 0 Å². The van der Waals surface area contributed by atoms with Gasteiger partial charge in [0.15, 0.2) is 0 Å². The molecule has 0 aromatic carbocycles. The van der Waals surface area contributed by atoms with Crippen LogP contribution in [0.4, 0.5) is 0 Å². The van der Waals surface area contributed by atoms with E-state index >= 15 is 0 Å². The zero-order valence-electron chi connectivity index (χ0n) is 15.4. The second-order valence-electron chi connectivity index (χ2n) is 4.65. The Morgan fingerprint density at radius 3 is 0.552 bits per heavy atom. The van der Waals surface area contributed by atoms with Crippen LogP contribution in [-0.4, -0.2) is 116 Å². The number of nitrogens with zero attached hydrogens (tertiary/aromatic N) is 2. The van der Waals surface area contributed by atoms with Crippen molar-refractivity contribution in [3.05, 3.63) is 0 Å². The van der Waals surface area contributed by atoms with Crippen molar-refractivity contribution < 1.29 is 141 Å². The Balaban J connectivity index is -0.000000120. The monoisotopic (exact) mass is 724 g/mol. The summed E-state index contributed by atoms with van der Waals surface area (Å²) in [6.45, 7) is -3.59. The van der Waals surface area contributed by atoms with E-state index in [1.165, 1.54) is 0 Å². The van der Waals surface area contributed by atoms with Crippen LogP contribution in [0.1, 0.15) is 0 Å². The molecule has 0 heterocycles. The molecule has 0 amide bonds. The Bertz CT molecular complexity index is 436. The van der Waals surface area contributed by atoms with Gasteiger partial charge in [-0.15, -0.1) is 0 Å². The van der Waals surface area contributed by atoms with Crippen molar-refractivity contribution in [1.82, 2.24) is 9.80 Å². The fraction of sp³-hybridized carbons (Fsp3) is 0.500. The average molecular weight is 720 g/mol. The van der Waals surface area contributed by atoms with Gasteiger partial charge in [0.05, 0.1) is 39.3 Å². The fourth-order valence-corrected chi connectivity index (χ4v) is 1.48. The second-order valence-corrected chi connectivity index (χ2v) is 4.65. The van der Waals surface area contributed by atoms with Gasteiger partial charge in [-0.1, -0.05) is 0 Å². The minimum absolute atomic E-state index is 0. The van der Waals surface area contributed by atoms with E-state index in [-0.39, 0.29) is 81.9 Å². The molecular formula is C12H18Cd3N2O12. The van der Waals surface area contributed by atoms with E-state index < -0.39 is 75.1 Å². The van der Waals surface area contributed by atoms with Crippen molar-refractivity contribution in [1.29, 1.82) is 0 Å². The van der Waals surface area contributed by atoms with E-state index in [9.17, 15) is 28.8 Å². The van der Waals surface area contributed by atoms with Crippen LogP contribution in [-0.2, 0) is 111 Å². The fourth-order valence-electron chi connectivity index (χ4n) is 1.48. The van der Waals surface area contributed by atoms with Gasteiger partial charge < -0.3 is 30.6 Å². The Kier molecular flexibility index (Phi) is 29.9. The standard InChI is InChI=1S/2C6H9NO6.3Cd/c2*8-4(9)1-7(2-5(10)11)3-6(12)13;;;/h2*1-3H2,(H,8,9)(H,10,11)(H,12,13);;;. The number of hydrogen-bond donors (Lipinski definition) is 6. The van der Waals surface area contributed by atoms with Crippen LogP contribution in [0.2, 0.25) is 0 Å². The van der Waals surface area contributed by atoms with Crippen molar-refractivity contribution in [2.45, 2.75) is 0 Å². The average Bonchev–Trinajstić information content (AvgIpc) is 2.33. The first-order chi connectivity index (χ1) is 11.8. The quantitative estimate of drug-likeness (QED) is 0.111. The molecule has 0 aromatic rings. The number of hydrogen-bond acceptors (Lipinski definition) is 8. The van der Waals surface area contributed by atoms with E-state index in [4.69, 9.17) is 30.6 Å². The molecule has 154 valence electrons. The first-order valence-electron chi connectivity index (χ1n) is 6.59. The summed E-state index contributed by atoms with van der Waals surface area (Å²) in [5, 5.41) is 49.7. The molecular weight excluding hydrogens is 701 g/mol. The summed E-state index contributed by atoms with van der Waals surface area (Å²) in [7, 11) is 0. The summed E-state index contributed by atoms with van der Waals surface area (Å²) < 4.78 is 0. The second kappa shape index (κ2) is 22.2. The molecule has 6 N–H and O–H groups in total. The molecule has 0 unspecified atom stereocenters. The van der Waals surface area contributed by atoms with E-state index in [0.717, 1.165) is 9.80 Å². The Morgan fingerprint density at radius 2 is 0.483 bits per heavy atom. The number of rotatable bonds is 12. The van der Waals surface area contributed by atoms with Crippen molar-refractivity contribution in [2.75, 3.05) is 39.3 Å². The summed E-state index contributed by atoms with van der Waals surface area (Å²) in [4.78, 5) is 62.5. The first kappa shape index (κ1) is 39.0. The zero-order chi connectivity index (χ0) is 20.9. The van der Waals surface area contributed by atoms with E-state index in [0.29, 0.717) is 0 Å². The molecule has 0 radical (unpaired) electrons. The molecule has 14 nitrogen and oxygen atoms in total. The van der Waals surface area contributed by atoms with Crippen LogP contribution in [0.15, 0.2) is 0 Å².